The van der Waals surface area contributed by atoms with E-state index in [2.05, 4.69) is 5.32 Å². The molecule has 1 amide bonds. The molecule has 0 spiro atoms. The fraction of sp³-hybridized carbons (Fsp3) is 0.381. The number of nitrogens with one attached hydrogen (secondary N) is 1. The molecule has 174 valence electrons. The summed E-state index contributed by atoms with van der Waals surface area (Å²) in [6, 6.07) is 10.5. The Balaban J connectivity index is 1.85. The summed E-state index contributed by atoms with van der Waals surface area (Å²) in [7, 11) is -5.65. The standard InChI is InChI=1S/C21H27N3O6S2/c1-4-24(31(3,26)27)17-9-7-16(8-10-17)21(25)22-19-15-18(11-12-20(19)30-2)32(28,29)23-13-5-6-14-23/h7-12,15H,4-6,13-14H2,1-3H3,(H,22,25). The summed E-state index contributed by atoms with van der Waals surface area (Å²) in [6.45, 7) is 2.94. The second-order valence-electron chi connectivity index (χ2n) is 7.40. The average molecular weight is 482 g/mol. The van der Waals surface area contributed by atoms with Crippen LogP contribution in [0.5, 0.6) is 5.75 Å². The number of nitrogens with zero attached hydrogens (tertiary/aromatic N) is 2. The van der Waals surface area contributed by atoms with Gasteiger partial charge in [0.1, 0.15) is 5.75 Å². The minimum atomic E-state index is -3.65. The number of hydrogen-bond acceptors (Lipinski definition) is 6. The van der Waals surface area contributed by atoms with E-state index < -0.39 is 26.0 Å². The number of carbonyl (C=O) groups is 1. The first-order valence-corrected chi connectivity index (χ1v) is 13.4. The van der Waals surface area contributed by atoms with E-state index in [-0.39, 0.29) is 22.7 Å². The first-order valence-electron chi connectivity index (χ1n) is 10.1. The van der Waals surface area contributed by atoms with Gasteiger partial charge in [-0.1, -0.05) is 0 Å². The summed E-state index contributed by atoms with van der Waals surface area (Å²) < 4.78 is 57.4. The maximum atomic E-state index is 12.9. The van der Waals surface area contributed by atoms with Gasteiger partial charge in [-0.05, 0) is 62.2 Å². The van der Waals surface area contributed by atoms with Gasteiger partial charge in [0.25, 0.3) is 5.91 Å². The van der Waals surface area contributed by atoms with Gasteiger partial charge >= 0.3 is 0 Å². The molecule has 1 N–H and O–H groups in total. The maximum absolute atomic E-state index is 12.9. The molecule has 1 fully saturated rings. The van der Waals surface area contributed by atoms with E-state index in [0.717, 1.165) is 19.1 Å². The fourth-order valence-electron chi connectivity index (χ4n) is 3.60. The largest absolute Gasteiger partial charge is 0.495 e. The second-order valence-corrected chi connectivity index (χ2v) is 11.2. The van der Waals surface area contributed by atoms with Gasteiger partial charge in [-0.2, -0.15) is 4.31 Å². The van der Waals surface area contributed by atoms with Crippen LogP contribution in [0.1, 0.15) is 30.1 Å². The van der Waals surface area contributed by atoms with Gasteiger partial charge in [0, 0.05) is 25.2 Å². The molecule has 1 heterocycles. The zero-order chi connectivity index (χ0) is 23.5. The molecule has 2 aromatic rings. The number of sulfonamides is 2. The molecule has 1 aliphatic heterocycles. The number of hydrogen-bond donors (Lipinski definition) is 1. The van der Waals surface area contributed by atoms with Crippen LogP contribution in [0, 0.1) is 0 Å². The fourth-order valence-corrected chi connectivity index (χ4v) is 6.12. The number of anilines is 2. The number of amides is 1. The second kappa shape index (κ2) is 9.47. The van der Waals surface area contributed by atoms with E-state index in [0.29, 0.717) is 24.5 Å². The molecule has 11 heteroatoms. The highest BCUT2D eigenvalue weighted by Crippen LogP contribution is 2.30. The molecule has 0 aliphatic carbocycles. The Morgan fingerprint density at radius 3 is 2.22 bits per heavy atom. The van der Waals surface area contributed by atoms with E-state index in [4.69, 9.17) is 4.74 Å². The third-order valence-corrected chi connectivity index (χ3v) is 8.39. The molecule has 0 saturated carbocycles. The molecule has 0 unspecified atom stereocenters. The zero-order valence-electron chi connectivity index (χ0n) is 18.2. The summed E-state index contributed by atoms with van der Waals surface area (Å²) in [5.74, 6) is -0.155. The van der Waals surface area contributed by atoms with Crippen molar-refractivity contribution in [3.8, 4) is 5.75 Å². The Morgan fingerprint density at radius 2 is 1.69 bits per heavy atom. The SMILES string of the molecule is CCN(c1ccc(C(=O)Nc2cc(S(=O)(=O)N3CCCC3)ccc2OC)cc1)S(C)(=O)=O. The highest BCUT2D eigenvalue weighted by atomic mass is 32.2. The predicted molar refractivity (Wildman–Crippen MR) is 123 cm³/mol. The van der Waals surface area contributed by atoms with Crippen LogP contribution >= 0.6 is 0 Å². The van der Waals surface area contributed by atoms with Crippen molar-refractivity contribution in [3.05, 3.63) is 48.0 Å². The normalized spacial score (nSPS) is 14.8. The number of benzene rings is 2. The van der Waals surface area contributed by atoms with Gasteiger partial charge in [0.15, 0.2) is 0 Å². The Morgan fingerprint density at radius 1 is 1.06 bits per heavy atom. The lowest BCUT2D eigenvalue weighted by atomic mass is 10.2. The minimum absolute atomic E-state index is 0.0811. The third kappa shape index (κ3) is 5.05. The van der Waals surface area contributed by atoms with Crippen molar-refractivity contribution in [3.63, 3.8) is 0 Å². The predicted octanol–water partition coefficient (Wildman–Crippen LogP) is 2.52. The summed E-state index contributed by atoms with van der Waals surface area (Å²) in [6.07, 6.45) is 2.76. The van der Waals surface area contributed by atoms with Gasteiger partial charge in [0.05, 0.1) is 29.6 Å². The van der Waals surface area contributed by atoms with Crippen LogP contribution in [0.2, 0.25) is 0 Å². The van der Waals surface area contributed by atoms with E-state index in [1.807, 2.05) is 0 Å². The van der Waals surface area contributed by atoms with Crippen LogP contribution in [-0.2, 0) is 20.0 Å². The van der Waals surface area contributed by atoms with Gasteiger partial charge in [0.2, 0.25) is 20.0 Å². The minimum Gasteiger partial charge on any atom is -0.495 e. The van der Waals surface area contributed by atoms with E-state index in [1.54, 1.807) is 19.1 Å². The Labute approximate surface area is 189 Å². The van der Waals surface area contributed by atoms with Crippen molar-refractivity contribution >= 4 is 37.3 Å². The van der Waals surface area contributed by atoms with Crippen molar-refractivity contribution < 1.29 is 26.4 Å². The number of methoxy groups -OCH3 is 1. The number of rotatable bonds is 8. The molecule has 0 radical (unpaired) electrons. The Hall–Kier alpha value is -2.63. The summed E-state index contributed by atoms with van der Waals surface area (Å²) in [5.41, 5.74) is 0.962. The van der Waals surface area contributed by atoms with E-state index in [1.165, 1.54) is 46.1 Å². The quantitative estimate of drug-likeness (QED) is 0.620. The Kier molecular flexibility index (Phi) is 7.11. The summed E-state index contributed by atoms with van der Waals surface area (Å²) >= 11 is 0. The molecule has 1 saturated heterocycles. The topological polar surface area (TPSA) is 113 Å². The monoisotopic (exact) mass is 481 g/mol. The highest BCUT2D eigenvalue weighted by molar-refractivity contribution is 7.92. The number of carbonyl (C=O) groups excluding carboxylic acids is 1. The van der Waals surface area contributed by atoms with Crippen molar-refractivity contribution in [2.24, 2.45) is 0 Å². The molecule has 0 atom stereocenters. The molecule has 32 heavy (non-hydrogen) atoms. The lowest BCUT2D eigenvalue weighted by Crippen LogP contribution is -2.29. The zero-order valence-corrected chi connectivity index (χ0v) is 19.9. The van der Waals surface area contributed by atoms with Crippen LogP contribution < -0.4 is 14.4 Å². The van der Waals surface area contributed by atoms with Crippen LogP contribution in [0.3, 0.4) is 0 Å². The first kappa shape index (κ1) is 24.0. The molecule has 9 nitrogen and oxygen atoms in total. The van der Waals surface area contributed by atoms with Gasteiger partial charge in [-0.3, -0.25) is 9.10 Å². The van der Waals surface area contributed by atoms with Crippen LogP contribution in [0.15, 0.2) is 47.4 Å². The van der Waals surface area contributed by atoms with Gasteiger partial charge < -0.3 is 10.1 Å². The van der Waals surface area contributed by atoms with Crippen LogP contribution in [0.4, 0.5) is 11.4 Å². The smallest absolute Gasteiger partial charge is 0.255 e. The van der Waals surface area contributed by atoms with Crippen molar-refractivity contribution in [2.75, 3.05) is 42.6 Å². The van der Waals surface area contributed by atoms with Gasteiger partial charge in [-0.15, -0.1) is 0 Å². The molecule has 2 aromatic carbocycles. The third-order valence-electron chi connectivity index (χ3n) is 5.23. The van der Waals surface area contributed by atoms with Crippen molar-refractivity contribution in [1.82, 2.24) is 4.31 Å². The Bertz CT molecular complexity index is 1190. The van der Waals surface area contributed by atoms with Crippen molar-refractivity contribution in [1.29, 1.82) is 0 Å². The maximum Gasteiger partial charge on any atom is 0.255 e. The molecular formula is C21H27N3O6S2. The number of ether oxygens (including phenoxy) is 1. The molecule has 1 aliphatic rings. The summed E-state index contributed by atoms with van der Waals surface area (Å²) in [4.78, 5) is 12.9. The lowest BCUT2D eigenvalue weighted by molar-refractivity contribution is 0.102. The first-order chi connectivity index (χ1) is 15.1. The molecule has 0 aromatic heterocycles. The highest BCUT2D eigenvalue weighted by Gasteiger charge is 2.28. The average Bonchev–Trinajstić information content (AvgIpc) is 3.29. The van der Waals surface area contributed by atoms with Gasteiger partial charge in [-0.25, -0.2) is 16.8 Å². The van der Waals surface area contributed by atoms with E-state index in [9.17, 15) is 21.6 Å². The summed E-state index contributed by atoms with van der Waals surface area (Å²) in [5, 5.41) is 2.69. The lowest BCUT2D eigenvalue weighted by Gasteiger charge is -2.20. The molecule has 3 rings (SSSR count). The van der Waals surface area contributed by atoms with E-state index >= 15 is 0 Å². The van der Waals surface area contributed by atoms with Crippen LogP contribution in [-0.4, -0.2) is 60.0 Å². The molecular weight excluding hydrogens is 454 g/mol. The van der Waals surface area contributed by atoms with Crippen molar-refractivity contribution in [2.45, 2.75) is 24.7 Å². The van der Waals surface area contributed by atoms with Crippen LogP contribution in [0.25, 0.3) is 0 Å². The molecule has 0 bridgehead atoms.